The predicted octanol–water partition coefficient (Wildman–Crippen LogP) is 1.58. The van der Waals surface area contributed by atoms with Crippen molar-refractivity contribution in [3.05, 3.63) is 35.8 Å². The number of aryl methyl sites for hydroxylation is 1. The van der Waals surface area contributed by atoms with Gasteiger partial charge in [0.1, 0.15) is 17.8 Å². The van der Waals surface area contributed by atoms with Gasteiger partial charge in [-0.2, -0.15) is 0 Å². The van der Waals surface area contributed by atoms with Crippen molar-refractivity contribution in [1.29, 1.82) is 0 Å². The molecule has 1 aliphatic rings. The van der Waals surface area contributed by atoms with Crippen molar-refractivity contribution in [1.82, 2.24) is 19.7 Å². The topological polar surface area (TPSA) is 112 Å². The molecule has 0 bridgehead atoms. The smallest absolute Gasteiger partial charge is 0.252 e. The van der Waals surface area contributed by atoms with Gasteiger partial charge in [-0.05, 0) is 25.0 Å². The van der Waals surface area contributed by atoms with Crippen LogP contribution in [-0.2, 0) is 4.79 Å². The maximum absolute atomic E-state index is 11.8. The van der Waals surface area contributed by atoms with E-state index in [0.29, 0.717) is 30.1 Å². The minimum atomic E-state index is -0.538. The summed E-state index contributed by atoms with van der Waals surface area (Å²) in [5, 5.41) is 3.76. The molecule has 0 aromatic carbocycles. The molecule has 1 saturated heterocycles. The Morgan fingerprint density at radius 2 is 2.26 bits per heavy atom. The normalized spacial score (nSPS) is 19.6. The van der Waals surface area contributed by atoms with Crippen LogP contribution >= 0.6 is 0 Å². The average Bonchev–Trinajstić information content (AvgIpc) is 3.24. The van der Waals surface area contributed by atoms with Crippen molar-refractivity contribution in [2.75, 3.05) is 6.61 Å². The van der Waals surface area contributed by atoms with Gasteiger partial charge < -0.3 is 15.8 Å². The Kier molecular flexibility index (Phi) is 4.18. The molecule has 4 rings (SSSR count). The molecule has 3 aromatic heterocycles. The number of carbonyl (C=O) groups excluding carboxylic acids is 2. The standard InChI is InChI=1S/C19H21N5O3/c1-3-11-8-15(25)23-14(11)9-27-19-16-12(6-10(2)22-19)7-13(17(20)26)18-21-4-5-24(16)18/h4-7,11,14H,3,8-9H2,1-2H3,(H2,20,26)(H,23,25)/t11-,14-/m1/s1. The number of ether oxygens (including phenoxy) is 1. The van der Waals surface area contributed by atoms with Crippen LogP contribution in [0.1, 0.15) is 35.8 Å². The lowest BCUT2D eigenvalue weighted by molar-refractivity contribution is -0.119. The summed E-state index contributed by atoms with van der Waals surface area (Å²) >= 11 is 0. The van der Waals surface area contributed by atoms with Crippen molar-refractivity contribution < 1.29 is 14.3 Å². The molecule has 8 nitrogen and oxygen atoms in total. The lowest BCUT2D eigenvalue weighted by atomic mass is 9.98. The Hall–Kier alpha value is -3.16. The molecule has 8 heteroatoms. The first-order chi connectivity index (χ1) is 13.0. The third-order valence-electron chi connectivity index (χ3n) is 5.09. The van der Waals surface area contributed by atoms with E-state index in [1.807, 2.05) is 13.0 Å². The van der Waals surface area contributed by atoms with Crippen molar-refractivity contribution in [2.24, 2.45) is 11.7 Å². The fourth-order valence-corrected chi connectivity index (χ4v) is 3.74. The predicted molar refractivity (Wildman–Crippen MR) is 99.6 cm³/mol. The number of amides is 2. The third-order valence-corrected chi connectivity index (χ3v) is 5.09. The first-order valence-corrected chi connectivity index (χ1v) is 8.97. The first kappa shape index (κ1) is 17.3. The van der Waals surface area contributed by atoms with Gasteiger partial charge in [-0.15, -0.1) is 0 Å². The number of aromatic nitrogens is 3. The number of imidazole rings is 1. The average molecular weight is 367 g/mol. The maximum Gasteiger partial charge on any atom is 0.252 e. The van der Waals surface area contributed by atoms with E-state index >= 15 is 0 Å². The maximum atomic E-state index is 11.8. The zero-order chi connectivity index (χ0) is 19.1. The SMILES string of the molecule is CC[C@@H]1CC(=O)N[C@@H]1COc1nc(C)cc2cc(C(N)=O)c3nccn3c12. The van der Waals surface area contributed by atoms with E-state index in [0.717, 1.165) is 23.0 Å². The lowest BCUT2D eigenvalue weighted by Gasteiger charge is -2.19. The minimum absolute atomic E-state index is 0.0389. The number of rotatable bonds is 5. The largest absolute Gasteiger partial charge is 0.474 e. The Balaban J connectivity index is 1.78. The zero-order valence-corrected chi connectivity index (χ0v) is 15.2. The highest BCUT2D eigenvalue weighted by molar-refractivity contribution is 6.03. The number of hydrogen-bond donors (Lipinski definition) is 2. The van der Waals surface area contributed by atoms with Crippen LogP contribution in [0.3, 0.4) is 0 Å². The number of primary amides is 1. The molecule has 0 aliphatic carbocycles. The summed E-state index contributed by atoms with van der Waals surface area (Å²) in [5.74, 6) is 0.216. The highest BCUT2D eigenvalue weighted by atomic mass is 16.5. The highest BCUT2D eigenvalue weighted by Gasteiger charge is 2.31. The molecule has 27 heavy (non-hydrogen) atoms. The van der Waals surface area contributed by atoms with E-state index in [9.17, 15) is 9.59 Å². The van der Waals surface area contributed by atoms with E-state index in [1.54, 1.807) is 22.9 Å². The van der Waals surface area contributed by atoms with E-state index < -0.39 is 5.91 Å². The van der Waals surface area contributed by atoms with Gasteiger partial charge in [0.2, 0.25) is 11.8 Å². The van der Waals surface area contributed by atoms with Crippen LogP contribution in [0.25, 0.3) is 16.6 Å². The van der Waals surface area contributed by atoms with E-state index in [-0.39, 0.29) is 17.9 Å². The van der Waals surface area contributed by atoms with E-state index in [2.05, 4.69) is 22.2 Å². The number of nitrogens with two attached hydrogens (primary N) is 1. The zero-order valence-electron chi connectivity index (χ0n) is 15.2. The van der Waals surface area contributed by atoms with Gasteiger partial charge in [-0.25, -0.2) is 9.97 Å². The van der Waals surface area contributed by atoms with Gasteiger partial charge in [0.15, 0.2) is 0 Å². The third kappa shape index (κ3) is 2.97. The van der Waals surface area contributed by atoms with Gasteiger partial charge in [0, 0.05) is 29.9 Å². The molecule has 1 fully saturated rings. The molecule has 1 aliphatic heterocycles. The monoisotopic (exact) mass is 367 g/mol. The highest BCUT2D eigenvalue weighted by Crippen LogP contribution is 2.29. The second kappa shape index (κ2) is 6.53. The van der Waals surface area contributed by atoms with Crippen LogP contribution in [0.15, 0.2) is 24.5 Å². The fourth-order valence-electron chi connectivity index (χ4n) is 3.74. The first-order valence-electron chi connectivity index (χ1n) is 8.97. The van der Waals surface area contributed by atoms with E-state index in [4.69, 9.17) is 10.5 Å². The van der Waals surface area contributed by atoms with Crippen LogP contribution in [-0.4, -0.2) is 38.8 Å². The van der Waals surface area contributed by atoms with E-state index in [1.165, 1.54) is 0 Å². The molecular weight excluding hydrogens is 346 g/mol. The molecule has 3 aromatic rings. The van der Waals surface area contributed by atoms with Gasteiger partial charge in [-0.1, -0.05) is 13.3 Å². The number of pyridine rings is 2. The summed E-state index contributed by atoms with van der Waals surface area (Å²) < 4.78 is 7.82. The fraction of sp³-hybridized carbons (Fsp3) is 0.368. The Labute approximate surface area is 155 Å². The number of carbonyl (C=O) groups is 2. The number of fused-ring (bicyclic) bond motifs is 3. The number of nitrogens with zero attached hydrogens (tertiary/aromatic N) is 3. The van der Waals surface area contributed by atoms with Gasteiger partial charge >= 0.3 is 0 Å². The molecule has 0 radical (unpaired) electrons. The molecule has 0 spiro atoms. The van der Waals surface area contributed by atoms with Crippen molar-refractivity contribution >= 4 is 28.4 Å². The summed E-state index contributed by atoms with van der Waals surface area (Å²) in [6.45, 7) is 4.27. The second-order valence-corrected chi connectivity index (χ2v) is 6.91. The number of nitrogens with one attached hydrogen (secondary N) is 1. The summed E-state index contributed by atoms with van der Waals surface area (Å²) in [4.78, 5) is 32.3. The molecule has 3 N–H and O–H groups in total. The van der Waals surface area contributed by atoms with Gasteiger partial charge in [-0.3, -0.25) is 14.0 Å². The second-order valence-electron chi connectivity index (χ2n) is 6.91. The Bertz CT molecular complexity index is 1060. The van der Waals surface area contributed by atoms with Crippen molar-refractivity contribution in [3.8, 4) is 5.88 Å². The van der Waals surface area contributed by atoms with Crippen molar-refractivity contribution in [3.63, 3.8) is 0 Å². The quantitative estimate of drug-likeness (QED) is 0.711. The molecule has 140 valence electrons. The molecular formula is C19H21N5O3. The summed E-state index contributed by atoms with van der Waals surface area (Å²) in [6, 6.07) is 3.55. The van der Waals surface area contributed by atoms with Crippen LogP contribution < -0.4 is 15.8 Å². The molecule has 2 amide bonds. The molecule has 0 saturated carbocycles. The Morgan fingerprint density at radius 3 is 3.00 bits per heavy atom. The van der Waals surface area contributed by atoms with Crippen LogP contribution in [0.2, 0.25) is 0 Å². The summed E-state index contributed by atoms with van der Waals surface area (Å²) in [5.41, 5.74) is 7.80. The lowest BCUT2D eigenvalue weighted by Crippen LogP contribution is -2.34. The summed E-state index contributed by atoms with van der Waals surface area (Å²) in [6.07, 6.45) is 4.79. The minimum Gasteiger partial charge on any atom is -0.474 e. The van der Waals surface area contributed by atoms with Gasteiger partial charge in [0.05, 0.1) is 11.6 Å². The van der Waals surface area contributed by atoms with Crippen LogP contribution in [0.4, 0.5) is 0 Å². The Morgan fingerprint density at radius 1 is 1.44 bits per heavy atom. The summed E-state index contributed by atoms with van der Waals surface area (Å²) in [7, 11) is 0. The molecule has 0 unspecified atom stereocenters. The number of hydrogen-bond acceptors (Lipinski definition) is 5. The molecule has 2 atom stereocenters. The van der Waals surface area contributed by atoms with Crippen LogP contribution in [0.5, 0.6) is 5.88 Å². The van der Waals surface area contributed by atoms with Crippen molar-refractivity contribution in [2.45, 2.75) is 32.7 Å². The van der Waals surface area contributed by atoms with Crippen LogP contribution in [0, 0.1) is 12.8 Å². The van der Waals surface area contributed by atoms with Gasteiger partial charge in [0.25, 0.3) is 5.91 Å². The molecule has 4 heterocycles.